The molecule has 5 heteroatoms. The van der Waals surface area contributed by atoms with Gasteiger partial charge >= 0.3 is 0 Å². The Bertz CT molecular complexity index is 731. The smallest absolute Gasteiger partial charge is 0.251 e. The molecule has 2 aromatic carbocycles. The van der Waals surface area contributed by atoms with E-state index in [2.05, 4.69) is 5.32 Å². The number of nitrogens with one attached hydrogen (secondary N) is 1. The molecule has 0 fully saturated rings. The minimum Gasteiger partial charge on any atom is -0.343 e. The van der Waals surface area contributed by atoms with Crippen LogP contribution in [-0.4, -0.2) is 29.8 Å². The van der Waals surface area contributed by atoms with Crippen molar-refractivity contribution in [3.05, 3.63) is 70.2 Å². The van der Waals surface area contributed by atoms with E-state index in [0.29, 0.717) is 23.7 Å². The van der Waals surface area contributed by atoms with E-state index in [4.69, 9.17) is 11.6 Å². The number of hydrogen-bond acceptors (Lipinski definition) is 2. The zero-order chi connectivity index (χ0) is 17.5. The van der Waals surface area contributed by atoms with E-state index in [1.807, 2.05) is 44.2 Å². The van der Waals surface area contributed by atoms with Gasteiger partial charge in [-0.25, -0.2) is 0 Å². The number of likely N-dealkylation sites (N-methyl/N-ethyl adjacent to an activating group) is 1. The van der Waals surface area contributed by atoms with Crippen molar-refractivity contribution in [1.29, 1.82) is 0 Å². The molecule has 0 aliphatic heterocycles. The molecule has 0 spiro atoms. The largest absolute Gasteiger partial charge is 0.343 e. The van der Waals surface area contributed by atoms with Gasteiger partial charge in [-0.3, -0.25) is 9.59 Å². The quantitative estimate of drug-likeness (QED) is 0.872. The molecule has 24 heavy (non-hydrogen) atoms. The standard InChI is InChI=1S/C19H21ClN2O2/c1-3-22(13-15-9-5-7-11-17(15)20)18(23)12-21-19(24)16-10-6-4-8-14(16)2/h4-11H,3,12-13H2,1-2H3,(H,21,24). The second kappa shape index (κ2) is 8.50. The molecule has 1 N–H and O–H groups in total. The predicted octanol–water partition coefficient (Wildman–Crippen LogP) is 3.43. The fourth-order valence-electron chi connectivity index (χ4n) is 2.40. The van der Waals surface area contributed by atoms with Crippen LogP contribution >= 0.6 is 11.6 Å². The number of halogens is 1. The lowest BCUT2D eigenvalue weighted by Gasteiger charge is -2.22. The van der Waals surface area contributed by atoms with Crippen LogP contribution in [0.25, 0.3) is 0 Å². The van der Waals surface area contributed by atoms with Crippen molar-refractivity contribution in [1.82, 2.24) is 10.2 Å². The zero-order valence-electron chi connectivity index (χ0n) is 13.9. The average Bonchev–Trinajstić information content (AvgIpc) is 2.59. The van der Waals surface area contributed by atoms with Crippen molar-refractivity contribution in [3.63, 3.8) is 0 Å². The van der Waals surface area contributed by atoms with Crippen LogP contribution in [0.3, 0.4) is 0 Å². The van der Waals surface area contributed by atoms with Gasteiger partial charge in [0.25, 0.3) is 5.91 Å². The summed E-state index contributed by atoms with van der Waals surface area (Å²) in [7, 11) is 0. The lowest BCUT2D eigenvalue weighted by molar-refractivity contribution is -0.130. The van der Waals surface area contributed by atoms with Gasteiger partial charge in [0.15, 0.2) is 0 Å². The summed E-state index contributed by atoms with van der Waals surface area (Å²) in [5.74, 6) is -0.380. The van der Waals surface area contributed by atoms with Gasteiger partial charge in [-0.2, -0.15) is 0 Å². The molecule has 4 nitrogen and oxygen atoms in total. The second-order valence-electron chi connectivity index (χ2n) is 5.50. The zero-order valence-corrected chi connectivity index (χ0v) is 14.6. The Balaban J connectivity index is 1.96. The van der Waals surface area contributed by atoms with Crippen LogP contribution in [0.4, 0.5) is 0 Å². The SMILES string of the molecule is CCN(Cc1ccccc1Cl)C(=O)CNC(=O)c1ccccc1C. The van der Waals surface area contributed by atoms with Crippen LogP contribution < -0.4 is 5.32 Å². The normalized spacial score (nSPS) is 10.3. The molecule has 0 aromatic heterocycles. The molecule has 0 unspecified atom stereocenters. The minimum absolute atomic E-state index is 0.0362. The first-order valence-corrected chi connectivity index (χ1v) is 8.25. The van der Waals surface area contributed by atoms with Crippen LogP contribution in [0.15, 0.2) is 48.5 Å². The Hall–Kier alpha value is -2.33. The Morgan fingerprint density at radius 2 is 1.75 bits per heavy atom. The van der Waals surface area contributed by atoms with Gasteiger partial charge in [-0.15, -0.1) is 0 Å². The average molecular weight is 345 g/mol. The predicted molar refractivity (Wildman–Crippen MR) is 96.1 cm³/mol. The number of rotatable bonds is 6. The summed E-state index contributed by atoms with van der Waals surface area (Å²) in [5.41, 5.74) is 2.35. The van der Waals surface area contributed by atoms with Crippen molar-refractivity contribution >= 4 is 23.4 Å². The summed E-state index contributed by atoms with van der Waals surface area (Å²) in [6.07, 6.45) is 0. The highest BCUT2D eigenvalue weighted by atomic mass is 35.5. The molecule has 0 bridgehead atoms. The minimum atomic E-state index is -0.241. The topological polar surface area (TPSA) is 49.4 Å². The highest BCUT2D eigenvalue weighted by Gasteiger charge is 2.15. The second-order valence-corrected chi connectivity index (χ2v) is 5.90. The molecule has 0 heterocycles. The molecule has 2 amide bonds. The lowest BCUT2D eigenvalue weighted by atomic mass is 10.1. The molecule has 0 saturated heterocycles. The van der Waals surface area contributed by atoms with E-state index in [9.17, 15) is 9.59 Å². The maximum absolute atomic E-state index is 12.4. The molecule has 2 aromatic rings. The maximum Gasteiger partial charge on any atom is 0.251 e. The number of carbonyl (C=O) groups excluding carboxylic acids is 2. The summed E-state index contributed by atoms with van der Waals surface area (Å²) < 4.78 is 0. The summed E-state index contributed by atoms with van der Waals surface area (Å²) in [6.45, 7) is 4.70. The highest BCUT2D eigenvalue weighted by Crippen LogP contribution is 2.17. The molecule has 126 valence electrons. The molecule has 0 atom stereocenters. The van der Waals surface area contributed by atoms with E-state index in [-0.39, 0.29) is 18.4 Å². The summed E-state index contributed by atoms with van der Waals surface area (Å²) in [6, 6.07) is 14.7. The Labute approximate surface area is 147 Å². The van der Waals surface area contributed by atoms with Crippen molar-refractivity contribution in [2.24, 2.45) is 0 Å². The van der Waals surface area contributed by atoms with Gasteiger partial charge in [0.2, 0.25) is 5.91 Å². The molecular weight excluding hydrogens is 324 g/mol. The Kier molecular flexibility index (Phi) is 6.38. The van der Waals surface area contributed by atoms with Crippen LogP contribution in [0.2, 0.25) is 5.02 Å². The summed E-state index contributed by atoms with van der Waals surface area (Å²) in [5, 5.41) is 3.32. The fourth-order valence-corrected chi connectivity index (χ4v) is 2.59. The van der Waals surface area contributed by atoms with Gasteiger partial charge < -0.3 is 10.2 Å². The molecular formula is C19H21ClN2O2. The lowest BCUT2D eigenvalue weighted by Crippen LogP contribution is -2.40. The van der Waals surface area contributed by atoms with Crippen LogP contribution in [0.5, 0.6) is 0 Å². The fraction of sp³-hybridized carbons (Fsp3) is 0.263. The van der Waals surface area contributed by atoms with E-state index in [1.54, 1.807) is 23.1 Å². The van der Waals surface area contributed by atoms with Crippen molar-refractivity contribution < 1.29 is 9.59 Å². The Morgan fingerprint density at radius 3 is 2.42 bits per heavy atom. The number of amides is 2. The van der Waals surface area contributed by atoms with E-state index >= 15 is 0 Å². The first-order chi connectivity index (χ1) is 11.5. The third kappa shape index (κ3) is 4.59. The van der Waals surface area contributed by atoms with E-state index in [1.165, 1.54) is 0 Å². The van der Waals surface area contributed by atoms with Gasteiger partial charge in [0.05, 0.1) is 6.54 Å². The number of carbonyl (C=O) groups is 2. The molecule has 2 rings (SSSR count). The molecule has 0 saturated carbocycles. The third-order valence-electron chi connectivity index (χ3n) is 3.84. The van der Waals surface area contributed by atoms with Gasteiger partial charge in [0, 0.05) is 23.7 Å². The highest BCUT2D eigenvalue weighted by molar-refractivity contribution is 6.31. The maximum atomic E-state index is 12.4. The first kappa shape index (κ1) is 18.0. The molecule has 0 aliphatic rings. The van der Waals surface area contributed by atoms with Crippen molar-refractivity contribution in [3.8, 4) is 0 Å². The Morgan fingerprint density at radius 1 is 1.08 bits per heavy atom. The van der Waals surface area contributed by atoms with Gasteiger partial charge in [-0.05, 0) is 37.1 Å². The molecule has 0 aliphatic carbocycles. The van der Waals surface area contributed by atoms with E-state index in [0.717, 1.165) is 11.1 Å². The van der Waals surface area contributed by atoms with Gasteiger partial charge in [0.1, 0.15) is 0 Å². The first-order valence-electron chi connectivity index (χ1n) is 7.88. The van der Waals surface area contributed by atoms with Crippen molar-refractivity contribution in [2.45, 2.75) is 20.4 Å². The van der Waals surface area contributed by atoms with Gasteiger partial charge in [-0.1, -0.05) is 48.0 Å². The third-order valence-corrected chi connectivity index (χ3v) is 4.21. The number of nitrogens with zero attached hydrogens (tertiary/aromatic N) is 1. The number of aryl methyl sites for hydroxylation is 1. The summed E-state index contributed by atoms with van der Waals surface area (Å²) in [4.78, 5) is 26.2. The summed E-state index contributed by atoms with van der Waals surface area (Å²) >= 11 is 6.15. The number of hydrogen-bond donors (Lipinski definition) is 1. The van der Waals surface area contributed by atoms with Crippen molar-refractivity contribution in [2.75, 3.05) is 13.1 Å². The van der Waals surface area contributed by atoms with Crippen LogP contribution in [-0.2, 0) is 11.3 Å². The van der Waals surface area contributed by atoms with E-state index < -0.39 is 0 Å². The number of benzene rings is 2. The molecule has 0 radical (unpaired) electrons. The van der Waals surface area contributed by atoms with Crippen LogP contribution in [0, 0.1) is 6.92 Å². The van der Waals surface area contributed by atoms with Crippen LogP contribution in [0.1, 0.15) is 28.4 Å². The monoisotopic (exact) mass is 344 g/mol.